The Morgan fingerprint density at radius 1 is 0.258 bits per heavy atom. The van der Waals surface area contributed by atoms with E-state index in [1.54, 1.807) is 0 Å². The second kappa shape index (κ2) is 52.0. The maximum absolute atomic E-state index is 12.8. The zero-order valence-electron chi connectivity index (χ0n) is 42.2. The first-order valence-corrected chi connectivity index (χ1v) is 28.0. The molecule has 6 heteroatoms. The summed E-state index contributed by atoms with van der Waals surface area (Å²) in [6.45, 7) is 6.69. The van der Waals surface area contributed by atoms with Gasteiger partial charge >= 0.3 is 17.9 Å². The Balaban J connectivity index is 4.24. The molecule has 1 atom stereocenters. The van der Waals surface area contributed by atoms with Crippen LogP contribution in [0, 0.1) is 0 Å². The van der Waals surface area contributed by atoms with Crippen LogP contribution in [0.5, 0.6) is 0 Å². The minimum atomic E-state index is -0.760. The molecule has 0 heterocycles. The van der Waals surface area contributed by atoms with Gasteiger partial charge in [-0.3, -0.25) is 14.4 Å². The number of ether oxygens (including phenoxy) is 3. The van der Waals surface area contributed by atoms with Crippen molar-refractivity contribution >= 4 is 17.9 Å². The van der Waals surface area contributed by atoms with Crippen molar-refractivity contribution in [2.24, 2.45) is 0 Å². The van der Waals surface area contributed by atoms with E-state index in [0.29, 0.717) is 19.3 Å². The Bertz CT molecular complexity index is 920. The fraction of sp³-hybridized carbons (Fsp3) is 0.946. The molecule has 0 fully saturated rings. The predicted molar refractivity (Wildman–Crippen MR) is 266 cm³/mol. The summed E-state index contributed by atoms with van der Waals surface area (Å²) < 4.78 is 16.8. The van der Waals surface area contributed by atoms with Crippen LogP contribution in [0.15, 0.2) is 0 Å². The van der Waals surface area contributed by atoms with Crippen LogP contribution in [0.1, 0.15) is 323 Å². The topological polar surface area (TPSA) is 78.9 Å². The molecule has 62 heavy (non-hydrogen) atoms. The number of hydrogen-bond acceptors (Lipinski definition) is 6. The summed E-state index contributed by atoms with van der Waals surface area (Å²) in [5, 5.41) is 0. The Labute approximate surface area is 387 Å². The normalized spacial score (nSPS) is 11.9. The second-order valence-corrected chi connectivity index (χ2v) is 19.2. The van der Waals surface area contributed by atoms with Crippen molar-refractivity contribution in [3.63, 3.8) is 0 Å². The van der Waals surface area contributed by atoms with Crippen LogP contribution >= 0.6 is 0 Å². The van der Waals surface area contributed by atoms with E-state index >= 15 is 0 Å². The summed E-state index contributed by atoms with van der Waals surface area (Å²) in [5.41, 5.74) is 0. The van der Waals surface area contributed by atoms with Crippen LogP contribution < -0.4 is 0 Å². The number of hydrogen-bond donors (Lipinski definition) is 0. The van der Waals surface area contributed by atoms with E-state index in [1.807, 2.05) is 0 Å². The SMILES string of the molecule is CCCCCCCCCCCCCCCCCCCC(=O)OC[C@@H](COC(=O)CCCCCCCCCCCC)OC(=O)CCCCCCCCCCCCCCCCCCC. The zero-order chi connectivity index (χ0) is 45.1. The highest BCUT2D eigenvalue weighted by atomic mass is 16.6. The van der Waals surface area contributed by atoms with Crippen molar-refractivity contribution in [3.8, 4) is 0 Å². The van der Waals surface area contributed by atoms with Gasteiger partial charge < -0.3 is 14.2 Å². The molecular formula is C56H108O6. The Hall–Kier alpha value is -1.59. The molecule has 0 spiro atoms. The molecule has 0 rings (SSSR count). The number of unbranched alkanes of at least 4 members (excludes halogenated alkanes) is 41. The van der Waals surface area contributed by atoms with Crippen molar-refractivity contribution in [1.82, 2.24) is 0 Å². The molecular weight excluding hydrogens is 769 g/mol. The fourth-order valence-corrected chi connectivity index (χ4v) is 8.62. The molecule has 0 aromatic carbocycles. The lowest BCUT2D eigenvalue weighted by atomic mass is 10.0. The maximum atomic E-state index is 12.8. The third kappa shape index (κ3) is 49.4. The van der Waals surface area contributed by atoms with Gasteiger partial charge in [0.15, 0.2) is 6.10 Å². The van der Waals surface area contributed by atoms with Crippen LogP contribution in [-0.2, 0) is 28.6 Å². The molecule has 0 saturated carbocycles. The largest absolute Gasteiger partial charge is 0.462 e. The minimum Gasteiger partial charge on any atom is -0.462 e. The molecule has 0 saturated heterocycles. The summed E-state index contributed by atoms with van der Waals surface area (Å²) in [6, 6.07) is 0. The van der Waals surface area contributed by atoms with Gasteiger partial charge in [-0.2, -0.15) is 0 Å². The third-order valence-corrected chi connectivity index (χ3v) is 12.9. The first-order valence-electron chi connectivity index (χ1n) is 28.0. The van der Waals surface area contributed by atoms with E-state index in [1.165, 1.54) is 225 Å². The molecule has 368 valence electrons. The van der Waals surface area contributed by atoms with E-state index < -0.39 is 6.10 Å². The predicted octanol–water partition coefficient (Wildman–Crippen LogP) is 18.4. The average molecular weight is 877 g/mol. The molecule has 0 amide bonds. The highest BCUT2D eigenvalue weighted by Crippen LogP contribution is 2.17. The number of carbonyl (C=O) groups excluding carboxylic acids is 3. The van der Waals surface area contributed by atoms with Crippen LogP contribution in [0.3, 0.4) is 0 Å². The highest BCUT2D eigenvalue weighted by Gasteiger charge is 2.19. The van der Waals surface area contributed by atoms with Gasteiger partial charge in [-0.05, 0) is 19.3 Å². The zero-order valence-corrected chi connectivity index (χ0v) is 42.2. The van der Waals surface area contributed by atoms with Gasteiger partial charge in [0.2, 0.25) is 0 Å². The van der Waals surface area contributed by atoms with Crippen molar-refractivity contribution in [2.75, 3.05) is 13.2 Å². The Morgan fingerprint density at radius 2 is 0.435 bits per heavy atom. The van der Waals surface area contributed by atoms with Gasteiger partial charge in [0, 0.05) is 19.3 Å². The lowest BCUT2D eigenvalue weighted by molar-refractivity contribution is -0.167. The van der Waals surface area contributed by atoms with Gasteiger partial charge in [0.05, 0.1) is 0 Å². The molecule has 0 aromatic heterocycles. The summed E-state index contributed by atoms with van der Waals surface area (Å²) in [5.74, 6) is -0.837. The van der Waals surface area contributed by atoms with E-state index in [4.69, 9.17) is 14.2 Å². The minimum absolute atomic E-state index is 0.0614. The van der Waals surface area contributed by atoms with Crippen molar-refractivity contribution < 1.29 is 28.6 Å². The molecule has 0 N–H and O–H groups in total. The number of rotatable bonds is 52. The molecule has 0 unspecified atom stereocenters. The monoisotopic (exact) mass is 877 g/mol. The van der Waals surface area contributed by atoms with E-state index in [0.717, 1.165) is 57.8 Å². The summed E-state index contributed by atoms with van der Waals surface area (Å²) >= 11 is 0. The van der Waals surface area contributed by atoms with Gasteiger partial charge in [-0.15, -0.1) is 0 Å². The number of carbonyl (C=O) groups is 3. The van der Waals surface area contributed by atoms with Gasteiger partial charge in [-0.1, -0.05) is 284 Å². The molecule has 0 aliphatic rings. The Morgan fingerprint density at radius 3 is 0.645 bits per heavy atom. The van der Waals surface area contributed by atoms with Gasteiger partial charge in [0.1, 0.15) is 13.2 Å². The van der Waals surface area contributed by atoms with Crippen molar-refractivity contribution in [3.05, 3.63) is 0 Å². The lowest BCUT2D eigenvalue weighted by Gasteiger charge is -2.18. The fourth-order valence-electron chi connectivity index (χ4n) is 8.62. The summed E-state index contributed by atoms with van der Waals surface area (Å²) in [6.07, 6.45) is 56.6. The summed E-state index contributed by atoms with van der Waals surface area (Å²) in [7, 11) is 0. The van der Waals surface area contributed by atoms with E-state index in [2.05, 4.69) is 20.8 Å². The first-order chi connectivity index (χ1) is 30.5. The third-order valence-electron chi connectivity index (χ3n) is 12.9. The van der Waals surface area contributed by atoms with Crippen LogP contribution in [0.2, 0.25) is 0 Å². The Kier molecular flexibility index (Phi) is 50.7. The average Bonchev–Trinajstić information content (AvgIpc) is 3.27. The molecule has 6 nitrogen and oxygen atoms in total. The van der Waals surface area contributed by atoms with Crippen molar-refractivity contribution in [1.29, 1.82) is 0 Å². The van der Waals surface area contributed by atoms with Crippen LogP contribution in [0.4, 0.5) is 0 Å². The maximum Gasteiger partial charge on any atom is 0.306 e. The quantitative estimate of drug-likeness (QED) is 0.0344. The first kappa shape index (κ1) is 60.4. The van der Waals surface area contributed by atoms with E-state index in [-0.39, 0.29) is 31.1 Å². The van der Waals surface area contributed by atoms with Gasteiger partial charge in [0.25, 0.3) is 0 Å². The number of esters is 3. The molecule has 0 aromatic rings. The smallest absolute Gasteiger partial charge is 0.306 e. The molecule has 0 bridgehead atoms. The second-order valence-electron chi connectivity index (χ2n) is 19.2. The van der Waals surface area contributed by atoms with Crippen molar-refractivity contribution in [2.45, 2.75) is 329 Å². The molecule has 0 aliphatic carbocycles. The summed E-state index contributed by atoms with van der Waals surface area (Å²) in [4.78, 5) is 38.0. The highest BCUT2D eigenvalue weighted by molar-refractivity contribution is 5.71. The standard InChI is InChI=1S/C56H108O6/c1-4-7-10-13-16-19-22-24-26-28-30-32-34-37-40-43-46-49-55(58)61-52-53(51-60-54(57)48-45-42-39-36-21-18-15-12-9-6-3)62-56(59)50-47-44-41-38-35-33-31-29-27-25-23-20-17-14-11-8-5-2/h53H,4-52H2,1-3H3/t53-/m1/s1. The van der Waals surface area contributed by atoms with Crippen LogP contribution in [0.25, 0.3) is 0 Å². The van der Waals surface area contributed by atoms with E-state index in [9.17, 15) is 14.4 Å². The molecule has 0 aliphatic heterocycles. The molecule has 0 radical (unpaired) electrons. The lowest BCUT2D eigenvalue weighted by Crippen LogP contribution is -2.30. The van der Waals surface area contributed by atoms with Gasteiger partial charge in [-0.25, -0.2) is 0 Å². The van der Waals surface area contributed by atoms with Crippen LogP contribution in [-0.4, -0.2) is 37.2 Å².